The molecule has 8 nitrogen and oxygen atoms in total. The zero-order valence-electron chi connectivity index (χ0n) is 19.5. The van der Waals surface area contributed by atoms with E-state index in [-0.39, 0.29) is 17.3 Å². The second kappa shape index (κ2) is 10.5. The fourth-order valence-corrected chi connectivity index (χ4v) is 3.98. The van der Waals surface area contributed by atoms with Crippen LogP contribution in [0.1, 0.15) is 31.1 Å². The molecule has 35 heavy (non-hydrogen) atoms. The molecule has 1 N–H and O–H groups in total. The maximum absolute atomic E-state index is 12.3. The van der Waals surface area contributed by atoms with Crippen molar-refractivity contribution in [2.24, 2.45) is 0 Å². The van der Waals surface area contributed by atoms with Crippen molar-refractivity contribution in [3.05, 3.63) is 86.7 Å². The number of hydrogen-bond donors (Lipinski definition) is 1. The van der Waals surface area contributed by atoms with Gasteiger partial charge in [0.2, 0.25) is 0 Å². The maximum atomic E-state index is 12.3. The van der Waals surface area contributed by atoms with Crippen molar-refractivity contribution in [1.82, 2.24) is 19.7 Å². The van der Waals surface area contributed by atoms with Gasteiger partial charge in [0.25, 0.3) is 5.56 Å². The molecule has 0 unspecified atom stereocenters. The first-order chi connectivity index (χ1) is 16.9. The number of nitrogens with zero attached hydrogens (tertiary/aromatic N) is 5. The van der Waals surface area contributed by atoms with Crippen LogP contribution in [0, 0.1) is 11.3 Å². The van der Waals surface area contributed by atoms with Crippen LogP contribution in [0.2, 0.25) is 0 Å². The molecule has 2 aromatic heterocycles. The summed E-state index contributed by atoms with van der Waals surface area (Å²) in [7, 11) is 1.62. The molecular weight excluding hydrogens is 508 g/mol. The first-order valence-corrected chi connectivity index (χ1v) is 11.7. The lowest BCUT2D eigenvalue weighted by atomic mass is 10.1. The highest BCUT2D eigenvalue weighted by molar-refractivity contribution is 9.10. The summed E-state index contributed by atoms with van der Waals surface area (Å²) in [5.74, 6) is 1.09. The highest BCUT2D eigenvalue weighted by Gasteiger charge is 2.20. The zero-order valence-corrected chi connectivity index (χ0v) is 21.1. The number of ether oxygens (including phenoxy) is 1. The summed E-state index contributed by atoms with van der Waals surface area (Å²) in [4.78, 5) is 21.8. The molecule has 0 spiro atoms. The first-order valence-electron chi connectivity index (χ1n) is 11.0. The number of hydrogen-bond acceptors (Lipinski definition) is 7. The van der Waals surface area contributed by atoms with E-state index in [0.717, 1.165) is 21.3 Å². The minimum atomic E-state index is -0.203. The van der Waals surface area contributed by atoms with Crippen LogP contribution < -0.4 is 15.6 Å². The number of methoxy groups -OCH3 is 1. The molecular formula is C26H23BrN6O2. The van der Waals surface area contributed by atoms with Gasteiger partial charge < -0.3 is 10.1 Å². The smallest absolute Gasteiger partial charge is 0.267 e. The molecule has 2 aromatic carbocycles. The number of rotatable bonds is 7. The molecule has 0 saturated heterocycles. The second-order valence-corrected chi connectivity index (χ2v) is 8.86. The average Bonchev–Trinajstić information content (AvgIpc) is 2.88. The van der Waals surface area contributed by atoms with Gasteiger partial charge in [0.1, 0.15) is 28.9 Å². The Morgan fingerprint density at radius 1 is 1.06 bits per heavy atom. The molecule has 4 rings (SSSR count). The van der Waals surface area contributed by atoms with E-state index in [9.17, 15) is 10.1 Å². The van der Waals surface area contributed by atoms with Crippen LogP contribution in [0.5, 0.6) is 5.75 Å². The van der Waals surface area contributed by atoms with E-state index in [1.54, 1.807) is 13.2 Å². The molecule has 176 valence electrons. The average molecular weight is 531 g/mol. The normalized spacial score (nSPS) is 10.7. The van der Waals surface area contributed by atoms with Gasteiger partial charge in [-0.05, 0) is 43.7 Å². The molecule has 0 radical (unpaired) electrons. The third kappa shape index (κ3) is 5.23. The Kier molecular flexibility index (Phi) is 7.22. The molecule has 9 heteroatoms. The Bertz CT molecular complexity index is 1460. The van der Waals surface area contributed by atoms with Gasteiger partial charge in [0, 0.05) is 22.6 Å². The van der Waals surface area contributed by atoms with Crippen LogP contribution in [0.3, 0.4) is 0 Å². The summed E-state index contributed by atoms with van der Waals surface area (Å²) < 4.78 is 7.42. The molecule has 2 heterocycles. The fourth-order valence-electron chi connectivity index (χ4n) is 3.51. The maximum Gasteiger partial charge on any atom is 0.267 e. The molecule has 0 amide bonds. The Morgan fingerprint density at radius 2 is 1.80 bits per heavy atom. The molecule has 0 fully saturated rings. The summed E-state index contributed by atoms with van der Waals surface area (Å²) in [6.45, 7) is 4.21. The summed E-state index contributed by atoms with van der Waals surface area (Å²) in [6.07, 6.45) is 0. The zero-order chi connectivity index (χ0) is 24.9. The van der Waals surface area contributed by atoms with Crippen LogP contribution in [0.25, 0.3) is 22.6 Å². The number of nitriles is 1. The third-order valence-electron chi connectivity index (χ3n) is 5.31. The summed E-state index contributed by atoms with van der Waals surface area (Å²) in [5, 5.41) is 17.6. The standard InChI is InChI=1S/C26H23BrN6O2/c1-16(2)33-23(34)13-12-21(32-33)25-24(19-6-4-5-7-20(19)27)30-22(14-28)26(31-25)29-15-17-8-10-18(35-3)11-9-17/h4-13,16H,15H2,1-3H3,(H,29,31). The SMILES string of the molecule is COc1ccc(CNc2nc(-c3ccc(=O)n(C(C)C)n3)c(-c3ccccc3Br)nc2C#N)cc1. The topological polar surface area (TPSA) is 106 Å². The van der Waals surface area contributed by atoms with Gasteiger partial charge in [-0.2, -0.15) is 10.4 Å². The molecule has 0 aliphatic rings. The van der Waals surface area contributed by atoms with Gasteiger partial charge in [-0.1, -0.05) is 46.3 Å². The van der Waals surface area contributed by atoms with E-state index in [1.165, 1.54) is 10.7 Å². The lowest BCUT2D eigenvalue weighted by Crippen LogP contribution is -2.24. The summed E-state index contributed by atoms with van der Waals surface area (Å²) >= 11 is 3.57. The van der Waals surface area contributed by atoms with E-state index in [2.05, 4.69) is 37.4 Å². The van der Waals surface area contributed by atoms with Crippen molar-refractivity contribution >= 4 is 21.7 Å². The Hall–Kier alpha value is -4.03. The van der Waals surface area contributed by atoms with Crippen molar-refractivity contribution in [2.75, 3.05) is 12.4 Å². The highest BCUT2D eigenvalue weighted by atomic mass is 79.9. The van der Waals surface area contributed by atoms with Crippen LogP contribution in [0.4, 0.5) is 5.82 Å². The van der Waals surface area contributed by atoms with E-state index >= 15 is 0 Å². The third-order valence-corrected chi connectivity index (χ3v) is 6.00. The van der Waals surface area contributed by atoms with Crippen molar-refractivity contribution in [1.29, 1.82) is 5.26 Å². The number of nitrogens with one attached hydrogen (secondary N) is 1. The molecule has 0 aliphatic heterocycles. The largest absolute Gasteiger partial charge is 0.497 e. The predicted molar refractivity (Wildman–Crippen MR) is 138 cm³/mol. The van der Waals surface area contributed by atoms with Gasteiger partial charge in [-0.3, -0.25) is 4.79 Å². The summed E-state index contributed by atoms with van der Waals surface area (Å²) in [5.41, 5.74) is 3.13. The number of aromatic nitrogens is 4. The molecule has 0 saturated carbocycles. The second-order valence-electron chi connectivity index (χ2n) is 8.01. The Balaban J connectivity index is 1.85. The monoisotopic (exact) mass is 530 g/mol. The van der Waals surface area contributed by atoms with Gasteiger partial charge in [-0.25, -0.2) is 14.6 Å². The number of anilines is 1. The Morgan fingerprint density at radius 3 is 2.46 bits per heavy atom. The van der Waals surface area contributed by atoms with E-state index in [0.29, 0.717) is 29.4 Å². The molecule has 0 atom stereocenters. The number of benzene rings is 2. The predicted octanol–water partition coefficient (Wildman–Crippen LogP) is 5.20. The van der Waals surface area contributed by atoms with Crippen molar-refractivity contribution < 1.29 is 4.74 Å². The van der Waals surface area contributed by atoms with Gasteiger partial charge in [0.05, 0.1) is 13.2 Å². The number of halogens is 1. The van der Waals surface area contributed by atoms with Crippen LogP contribution >= 0.6 is 15.9 Å². The fraction of sp³-hybridized carbons (Fsp3) is 0.192. The van der Waals surface area contributed by atoms with E-state index in [1.807, 2.05) is 62.4 Å². The quantitative estimate of drug-likeness (QED) is 0.349. The lowest BCUT2D eigenvalue weighted by molar-refractivity contribution is 0.414. The Labute approximate surface area is 211 Å². The minimum Gasteiger partial charge on any atom is -0.497 e. The minimum absolute atomic E-state index is 0.131. The van der Waals surface area contributed by atoms with Gasteiger partial charge in [-0.15, -0.1) is 0 Å². The molecule has 0 bridgehead atoms. The van der Waals surface area contributed by atoms with Crippen LogP contribution in [-0.2, 0) is 6.54 Å². The molecule has 4 aromatic rings. The van der Waals surface area contributed by atoms with Crippen LogP contribution in [-0.4, -0.2) is 26.9 Å². The van der Waals surface area contributed by atoms with Crippen molar-refractivity contribution in [3.63, 3.8) is 0 Å². The lowest BCUT2D eigenvalue weighted by Gasteiger charge is -2.15. The summed E-state index contributed by atoms with van der Waals surface area (Å²) in [6, 6.07) is 20.3. The molecule has 0 aliphatic carbocycles. The van der Waals surface area contributed by atoms with Gasteiger partial charge >= 0.3 is 0 Å². The van der Waals surface area contributed by atoms with Crippen molar-refractivity contribution in [2.45, 2.75) is 26.4 Å². The van der Waals surface area contributed by atoms with Crippen LogP contribution in [0.15, 0.2) is 69.9 Å². The van der Waals surface area contributed by atoms with Gasteiger partial charge in [0.15, 0.2) is 11.5 Å². The van der Waals surface area contributed by atoms with E-state index < -0.39 is 0 Å². The first kappa shape index (κ1) is 24.1. The highest BCUT2D eigenvalue weighted by Crippen LogP contribution is 2.34. The van der Waals surface area contributed by atoms with E-state index in [4.69, 9.17) is 9.72 Å². The van der Waals surface area contributed by atoms with Crippen molar-refractivity contribution in [3.8, 4) is 34.5 Å².